The molecule has 0 radical (unpaired) electrons. The summed E-state index contributed by atoms with van der Waals surface area (Å²) in [6.07, 6.45) is 1.15. The number of piperidine rings is 1. The number of carboxylic acid groups (broad SMARTS) is 1. The Morgan fingerprint density at radius 3 is 2.65 bits per heavy atom. The Labute approximate surface area is 133 Å². The van der Waals surface area contributed by atoms with E-state index in [4.69, 9.17) is 19.4 Å². The minimum atomic E-state index is -0.870. The van der Waals surface area contributed by atoms with E-state index < -0.39 is 6.09 Å². The van der Waals surface area contributed by atoms with Crippen molar-refractivity contribution in [2.24, 2.45) is 5.16 Å². The number of amides is 1. The van der Waals surface area contributed by atoms with Gasteiger partial charge in [-0.15, -0.1) is 0 Å². The van der Waals surface area contributed by atoms with Gasteiger partial charge in [0.1, 0.15) is 18.8 Å². The molecule has 1 N–H and O–H groups in total. The van der Waals surface area contributed by atoms with Crippen LogP contribution in [0.25, 0.3) is 0 Å². The predicted octanol–water partition coefficient (Wildman–Crippen LogP) is 2.09. The lowest BCUT2D eigenvalue weighted by Crippen LogP contribution is -2.46. The first-order chi connectivity index (χ1) is 11.2. The lowest BCUT2D eigenvalue weighted by atomic mass is 9.85. The van der Waals surface area contributed by atoms with Gasteiger partial charge >= 0.3 is 6.09 Å². The summed E-state index contributed by atoms with van der Waals surface area (Å²) in [5.41, 5.74) is 1.48. The summed E-state index contributed by atoms with van der Waals surface area (Å²) in [4.78, 5) is 18.2. The van der Waals surface area contributed by atoms with Gasteiger partial charge in [-0.2, -0.15) is 0 Å². The molecule has 0 saturated carbocycles. The molecule has 1 aromatic carbocycles. The Hall–Kier alpha value is -2.44. The molecule has 4 rings (SSSR count). The highest BCUT2D eigenvalue weighted by atomic mass is 16.7. The van der Waals surface area contributed by atoms with Crippen molar-refractivity contribution >= 4 is 11.8 Å². The summed E-state index contributed by atoms with van der Waals surface area (Å²) in [5, 5.41) is 13.3. The van der Waals surface area contributed by atoms with Crippen LogP contribution in [0.3, 0.4) is 0 Å². The summed E-state index contributed by atoms with van der Waals surface area (Å²) in [7, 11) is 0. The molecular formula is C16H18N2O5. The monoisotopic (exact) mass is 318 g/mol. The van der Waals surface area contributed by atoms with E-state index in [0.717, 1.165) is 22.8 Å². The lowest BCUT2D eigenvalue weighted by Gasteiger charge is -2.35. The average Bonchev–Trinajstić information content (AvgIpc) is 2.98. The van der Waals surface area contributed by atoms with Gasteiger partial charge in [0.05, 0.1) is 5.71 Å². The molecule has 3 aliphatic rings. The van der Waals surface area contributed by atoms with Crippen molar-refractivity contribution in [2.75, 3.05) is 26.3 Å². The topological polar surface area (TPSA) is 80.6 Å². The zero-order valence-electron chi connectivity index (χ0n) is 12.7. The maximum absolute atomic E-state index is 11.0. The largest absolute Gasteiger partial charge is 0.486 e. The minimum absolute atomic E-state index is 0.367. The van der Waals surface area contributed by atoms with E-state index in [0.29, 0.717) is 45.6 Å². The van der Waals surface area contributed by atoms with E-state index in [1.54, 1.807) is 0 Å². The number of hydrogen-bond donors (Lipinski definition) is 1. The summed E-state index contributed by atoms with van der Waals surface area (Å²) in [5.74, 6) is 1.49. The van der Waals surface area contributed by atoms with Crippen LogP contribution in [-0.2, 0) is 4.84 Å². The van der Waals surface area contributed by atoms with Crippen molar-refractivity contribution in [1.82, 2.24) is 4.90 Å². The molecule has 1 fully saturated rings. The molecule has 1 saturated heterocycles. The Morgan fingerprint density at radius 1 is 1.17 bits per heavy atom. The predicted molar refractivity (Wildman–Crippen MR) is 81.2 cm³/mol. The van der Waals surface area contributed by atoms with Gasteiger partial charge in [0.2, 0.25) is 0 Å². The fraction of sp³-hybridized carbons (Fsp3) is 0.500. The number of oxime groups is 1. The summed E-state index contributed by atoms with van der Waals surface area (Å²) in [6.45, 7) is 2.09. The first-order valence-electron chi connectivity index (χ1n) is 7.78. The Bertz CT molecular complexity index is 664. The highest BCUT2D eigenvalue weighted by molar-refractivity contribution is 6.02. The highest BCUT2D eigenvalue weighted by Gasteiger charge is 2.43. The van der Waals surface area contributed by atoms with E-state index in [2.05, 4.69) is 5.16 Å². The van der Waals surface area contributed by atoms with Gasteiger partial charge in [0, 0.05) is 37.9 Å². The molecule has 3 aliphatic heterocycles. The number of rotatable bonds is 1. The number of hydrogen-bond acceptors (Lipinski definition) is 5. The van der Waals surface area contributed by atoms with Gasteiger partial charge in [-0.3, -0.25) is 0 Å². The molecule has 0 aliphatic carbocycles. The molecule has 1 spiro atoms. The van der Waals surface area contributed by atoms with Crippen molar-refractivity contribution in [3.05, 3.63) is 23.8 Å². The van der Waals surface area contributed by atoms with Gasteiger partial charge < -0.3 is 24.3 Å². The van der Waals surface area contributed by atoms with Gasteiger partial charge in [-0.25, -0.2) is 4.79 Å². The standard InChI is InChI=1S/C16H18N2O5/c19-15(20)18-5-3-16(4-6-18)10-12(17-23-16)11-1-2-13-14(9-11)22-8-7-21-13/h1-2,9H,3-8,10H2,(H,19,20). The Kier molecular flexibility index (Phi) is 3.28. The molecule has 23 heavy (non-hydrogen) atoms. The molecule has 0 bridgehead atoms. The van der Waals surface area contributed by atoms with Crippen LogP contribution in [0, 0.1) is 0 Å². The third-order valence-corrected chi connectivity index (χ3v) is 4.66. The summed E-state index contributed by atoms with van der Waals surface area (Å²) >= 11 is 0. The van der Waals surface area contributed by atoms with Crippen molar-refractivity contribution in [3.8, 4) is 11.5 Å². The fourth-order valence-electron chi connectivity index (χ4n) is 3.27. The van der Waals surface area contributed by atoms with Crippen LogP contribution in [0.4, 0.5) is 4.79 Å². The first-order valence-corrected chi connectivity index (χ1v) is 7.78. The van der Waals surface area contributed by atoms with E-state index in [-0.39, 0.29) is 5.60 Å². The third-order valence-electron chi connectivity index (χ3n) is 4.66. The molecule has 0 aromatic heterocycles. The minimum Gasteiger partial charge on any atom is -0.486 e. The summed E-state index contributed by atoms with van der Waals surface area (Å²) in [6, 6.07) is 5.79. The van der Waals surface area contributed by atoms with Crippen LogP contribution in [0.2, 0.25) is 0 Å². The molecule has 1 aromatic rings. The van der Waals surface area contributed by atoms with E-state index in [9.17, 15) is 4.79 Å². The van der Waals surface area contributed by atoms with Gasteiger partial charge in [-0.05, 0) is 18.2 Å². The van der Waals surface area contributed by atoms with Crippen molar-refractivity contribution < 1.29 is 24.2 Å². The quantitative estimate of drug-likeness (QED) is 0.857. The molecule has 0 unspecified atom stereocenters. The maximum Gasteiger partial charge on any atom is 0.407 e. The second-order valence-corrected chi connectivity index (χ2v) is 6.12. The molecule has 122 valence electrons. The number of carbonyl (C=O) groups is 1. The molecule has 7 nitrogen and oxygen atoms in total. The van der Waals surface area contributed by atoms with Gasteiger partial charge in [0.25, 0.3) is 0 Å². The molecule has 7 heteroatoms. The van der Waals surface area contributed by atoms with Crippen LogP contribution in [0.1, 0.15) is 24.8 Å². The lowest BCUT2D eigenvalue weighted by molar-refractivity contribution is -0.0576. The first kappa shape index (κ1) is 14.2. The number of benzene rings is 1. The SMILES string of the molecule is O=C(O)N1CCC2(CC1)CC(c1ccc3c(c1)OCCO3)=NO2. The van der Waals surface area contributed by atoms with Crippen molar-refractivity contribution in [2.45, 2.75) is 24.9 Å². The number of ether oxygens (including phenoxy) is 2. The number of fused-ring (bicyclic) bond motifs is 1. The van der Waals surface area contributed by atoms with Crippen LogP contribution in [-0.4, -0.2) is 53.7 Å². The number of likely N-dealkylation sites (tertiary alicyclic amines) is 1. The van der Waals surface area contributed by atoms with E-state index >= 15 is 0 Å². The fourth-order valence-corrected chi connectivity index (χ4v) is 3.27. The van der Waals surface area contributed by atoms with Gasteiger partial charge in [0.15, 0.2) is 11.5 Å². The zero-order chi connectivity index (χ0) is 15.9. The normalized spacial score (nSPS) is 21.7. The average molecular weight is 318 g/mol. The molecule has 1 amide bonds. The smallest absolute Gasteiger partial charge is 0.407 e. The Morgan fingerprint density at radius 2 is 1.91 bits per heavy atom. The van der Waals surface area contributed by atoms with Crippen LogP contribution in [0.15, 0.2) is 23.4 Å². The second kappa shape index (κ2) is 5.33. The van der Waals surface area contributed by atoms with Crippen LogP contribution >= 0.6 is 0 Å². The molecule has 3 heterocycles. The maximum atomic E-state index is 11.0. The third kappa shape index (κ3) is 2.56. The second-order valence-electron chi connectivity index (χ2n) is 6.12. The number of nitrogens with zero attached hydrogens (tertiary/aromatic N) is 2. The zero-order valence-corrected chi connectivity index (χ0v) is 12.7. The van der Waals surface area contributed by atoms with Crippen molar-refractivity contribution in [3.63, 3.8) is 0 Å². The van der Waals surface area contributed by atoms with E-state index in [1.165, 1.54) is 4.90 Å². The van der Waals surface area contributed by atoms with Crippen molar-refractivity contribution in [1.29, 1.82) is 0 Å². The molecule has 0 atom stereocenters. The molecular weight excluding hydrogens is 300 g/mol. The van der Waals surface area contributed by atoms with Crippen LogP contribution < -0.4 is 9.47 Å². The van der Waals surface area contributed by atoms with Gasteiger partial charge in [-0.1, -0.05) is 5.16 Å². The Balaban J connectivity index is 1.47. The summed E-state index contributed by atoms with van der Waals surface area (Å²) < 4.78 is 11.1. The highest BCUT2D eigenvalue weighted by Crippen LogP contribution is 2.38. The van der Waals surface area contributed by atoms with Crippen LogP contribution in [0.5, 0.6) is 11.5 Å². The van der Waals surface area contributed by atoms with E-state index in [1.807, 2.05) is 18.2 Å².